The number of rotatable bonds is 6. The number of oxime groups is 1. The van der Waals surface area contributed by atoms with Crippen molar-refractivity contribution in [1.82, 2.24) is 5.32 Å². The van der Waals surface area contributed by atoms with Crippen molar-refractivity contribution in [2.75, 3.05) is 5.32 Å². The Morgan fingerprint density at radius 1 is 1.13 bits per heavy atom. The van der Waals surface area contributed by atoms with Gasteiger partial charge in [0.1, 0.15) is 0 Å². The Hall–Kier alpha value is -3.36. The van der Waals surface area contributed by atoms with Gasteiger partial charge in [0.2, 0.25) is 11.8 Å². The normalized spacial score (nSPS) is 13.7. The predicted molar refractivity (Wildman–Crippen MR) is 104 cm³/mol. The number of nitrogens with zero attached hydrogens (tertiary/aromatic N) is 1. The van der Waals surface area contributed by atoms with Crippen molar-refractivity contribution >= 4 is 23.3 Å². The van der Waals surface area contributed by atoms with E-state index in [1.165, 1.54) is 12.1 Å². The lowest BCUT2D eigenvalue weighted by Crippen LogP contribution is -2.31. The average molecular weight is 419 g/mol. The van der Waals surface area contributed by atoms with Crippen LogP contribution in [0.25, 0.3) is 0 Å². The molecule has 0 aromatic heterocycles. The van der Waals surface area contributed by atoms with Gasteiger partial charge in [-0.05, 0) is 60.7 Å². The molecule has 2 amide bonds. The van der Waals surface area contributed by atoms with Crippen molar-refractivity contribution in [2.24, 2.45) is 5.16 Å². The van der Waals surface area contributed by atoms with Crippen LogP contribution in [0, 0.1) is 0 Å². The number of benzene rings is 2. The quantitative estimate of drug-likeness (QED) is 0.218. The third-order valence-corrected chi connectivity index (χ3v) is 4.76. The molecular weight excluding hydrogens is 399 g/mol. The molecule has 9 heteroatoms. The molecule has 0 radical (unpaired) electrons. The summed E-state index contributed by atoms with van der Waals surface area (Å²) in [5, 5.41) is 17.6. The highest BCUT2D eigenvalue weighted by Gasteiger charge is 2.29. The summed E-state index contributed by atoms with van der Waals surface area (Å²) in [5.41, 5.74) is 2.00. The average Bonchev–Trinajstić information content (AvgIpc) is 3.08. The van der Waals surface area contributed by atoms with E-state index in [2.05, 4.69) is 15.8 Å². The van der Waals surface area contributed by atoms with Crippen LogP contribution in [0.4, 0.5) is 18.9 Å². The van der Waals surface area contributed by atoms with Gasteiger partial charge in [0.05, 0.1) is 12.0 Å². The van der Waals surface area contributed by atoms with Gasteiger partial charge in [-0.15, -0.1) is 0 Å². The fraction of sp³-hybridized carbons (Fsp3) is 0.286. The molecule has 0 saturated heterocycles. The van der Waals surface area contributed by atoms with Gasteiger partial charge in [-0.1, -0.05) is 17.3 Å². The van der Waals surface area contributed by atoms with Gasteiger partial charge in [0.25, 0.3) is 0 Å². The Kier molecular flexibility index (Phi) is 6.39. The maximum atomic E-state index is 12.6. The number of fused-ring (bicyclic) bond motifs is 1. The van der Waals surface area contributed by atoms with E-state index in [0.29, 0.717) is 30.5 Å². The number of carbonyl (C=O) groups is 2. The number of alkyl halides is 3. The van der Waals surface area contributed by atoms with Crippen LogP contribution in [0.1, 0.15) is 41.5 Å². The van der Waals surface area contributed by atoms with Gasteiger partial charge in [-0.25, -0.2) is 0 Å². The molecule has 0 atom stereocenters. The molecular formula is C21H20F3N3O3. The maximum absolute atomic E-state index is 12.6. The third-order valence-electron chi connectivity index (χ3n) is 4.76. The number of halogens is 3. The van der Waals surface area contributed by atoms with Gasteiger partial charge in [-0.3, -0.25) is 9.59 Å². The minimum absolute atomic E-state index is 0.00936. The molecule has 1 aliphatic rings. The first-order chi connectivity index (χ1) is 14.3. The summed E-state index contributed by atoms with van der Waals surface area (Å²) in [5.74, 6) is -0.475. The van der Waals surface area contributed by atoms with E-state index in [9.17, 15) is 28.0 Å². The number of amides is 2. The van der Waals surface area contributed by atoms with Crippen molar-refractivity contribution in [3.63, 3.8) is 0 Å². The minimum Gasteiger partial charge on any atom is -0.409 e. The van der Waals surface area contributed by atoms with Crippen LogP contribution in [0.15, 0.2) is 47.6 Å². The molecule has 3 rings (SSSR count). The van der Waals surface area contributed by atoms with Crippen LogP contribution in [0.2, 0.25) is 0 Å². The number of hydrogen-bond donors (Lipinski definition) is 3. The van der Waals surface area contributed by atoms with Gasteiger partial charge in [-0.2, -0.15) is 13.2 Å². The molecule has 0 unspecified atom stereocenters. The molecule has 0 fully saturated rings. The van der Waals surface area contributed by atoms with Crippen molar-refractivity contribution in [2.45, 2.75) is 38.3 Å². The second-order valence-corrected chi connectivity index (χ2v) is 7.00. The maximum Gasteiger partial charge on any atom is 0.416 e. The van der Waals surface area contributed by atoms with Crippen LogP contribution in [-0.2, 0) is 28.6 Å². The Morgan fingerprint density at radius 2 is 1.87 bits per heavy atom. The molecule has 0 saturated carbocycles. The van der Waals surface area contributed by atoms with Crippen LogP contribution in [0.5, 0.6) is 0 Å². The highest BCUT2D eigenvalue weighted by Crippen LogP contribution is 2.29. The number of hydrogen-bond acceptors (Lipinski definition) is 4. The summed E-state index contributed by atoms with van der Waals surface area (Å²) in [6.07, 6.45) is -2.26. The lowest BCUT2D eigenvalue weighted by molar-refractivity contribution is -0.137. The number of anilines is 1. The van der Waals surface area contributed by atoms with Crippen LogP contribution in [-0.4, -0.2) is 22.9 Å². The minimum atomic E-state index is -4.35. The van der Waals surface area contributed by atoms with Crippen molar-refractivity contribution in [3.8, 4) is 0 Å². The van der Waals surface area contributed by atoms with Gasteiger partial charge in [0, 0.05) is 17.7 Å². The Bertz CT molecular complexity index is 970. The zero-order valence-electron chi connectivity index (χ0n) is 15.9. The molecule has 0 aliphatic carbocycles. The van der Waals surface area contributed by atoms with E-state index in [0.717, 1.165) is 23.3 Å². The number of nitrogens with one attached hydrogen (secondary N) is 2. The fourth-order valence-electron chi connectivity index (χ4n) is 3.20. The SMILES string of the molecule is O=C(CCCCc1ccc(C(F)(F)F)cc1)N/C(=N/O)c1ccc2c(c1)CC(=O)N2. The van der Waals surface area contributed by atoms with E-state index in [-0.39, 0.29) is 30.5 Å². The molecule has 6 nitrogen and oxygen atoms in total. The first kappa shape index (κ1) is 21.4. The zero-order chi connectivity index (χ0) is 21.7. The Morgan fingerprint density at radius 3 is 2.53 bits per heavy atom. The monoisotopic (exact) mass is 419 g/mol. The molecule has 30 heavy (non-hydrogen) atoms. The third kappa shape index (κ3) is 5.37. The van der Waals surface area contributed by atoms with Crippen LogP contribution >= 0.6 is 0 Å². The highest BCUT2D eigenvalue weighted by molar-refractivity contribution is 6.09. The molecule has 2 aromatic rings. The summed E-state index contributed by atoms with van der Waals surface area (Å²) in [4.78, 5) is 23.6. The van der Waals surface area contributed by atoms with E-state index >= 15 is 0 Å². The molecule has 1 heterocycles. The fourth-order valence-corrected chi connectivity index (χ4v) is 3.20. The van der Waals surface area contributed by atoms with Gasteiger partial charge >= 0.3 is 6.18 Å². The van der Waals surface area contributed by atoms with E-state index in [4.69, 9.17) is 0 Å². The first-order valence-corrected chi connectivity index (χ1v) is 9.37. The molecule has 0 bridgehead atoms. The molecule has 2 aromatic carbocycles. The molecule has 0 spiro atoms. The van der Waals surface area contributed by atoms with Gasteiger partial charge < -0.3 is 15.8 Å². The Labute approximate surface area is 170 Å². The van der Waals surface area contributed by atoms with E-state index < -0.39 is 11.7 Å². The molecule has 1 aliphatic heterocycles. The van der Waals surface area contributed by atoms with Gasteiger partial charge in [0.15, 0.2) is 5.84 Å². The van der Waals surface area contributed by atoms with Crippen molar-refractivity contribution < 1.29 is 28.0 Å². The number of aryl methyl sites for hydroxylation is 1. The molecule has 158 valence electrons. The number of amidine groups is 1. The predicted octanol–water partition coefficient (Wildman–Crippen LogP) is 3.87. The van der Waals surface area contributed by atoms with Crippen LogP contribution < -0.4 is 10.6 Å². The highest BCUT2D eigenvalue weighted by atomic mass is 19.4. The topological polar surface area (TPSA) is 90.8 Å². The summed E-state index contributed by atoms with van der Waals surface area (Å²) in [6, 6.07) is 9.95. The smallest absolute Gasteiger partial charge is 0.409 e. The number of unbranched alkanes of at least 4 members (excludes halogenated alkanes) is 1. The zero-order valence-corrected chi connectivity index (χ0v) is 15.9. The second-order valence-electron chi connectivity index (χ2n) is 7.00. The Balaban J connectivity index is 1.46. The van der Waals surface area contributed by atoms with E-state index in [1.807, 2.05) is 0 Å². The van der Waals surface area contributed by atoms with E-state index in [1.54, 1.807) is 18.2 Å². The summed E-state index contributed by atoms with van der Waals surface area (Å²) < 4.78 is 37.7. The standard InChI is InChI=1S/C21H20F3N3O3/c22-21(23,24)16-8-5-13(6-9-16)3-1-2-4-18(28)26-20(27-30)14-7-10-17-15(11-14)12-19(29)25-17/h5-11,30H,1-4,12H2,(H,25,29)(H,26,27,28). The summed E-state index contributed by atoms with van der Waals surface area (Å²) >= 11 is 0. The lowest BCUT2D eigenvalue weighted by atomic mass is 10.0. The van der Waals surface area contributed by atoms with Crippen molar-refractivity contribution in [1.29, 1.82) is 0 Å². The second kappa shape index (κ2) is 8.98. The number of carbonyl (C=O) groups excluding carboxylic acids is 2. The lowest BCUT2D eigenvalue weighted by Gasteiger charge is -2.09. The first-order valence-electron chi connectivity index (χ1n) is 9.37. The summed E-state index contributed by atoms with van der Waals surface area (Å²) in [7, 11) is 0. The van der Waals surface area contributed by atoms with Crippen LogP contribution in [0.3, 0.4) is 0 Å². The molecule has 3 N–H and O–H groups in total. The summed E-state index contributed by atoms with van der Waals surface area (Å²) in [6.45, 7) is 0. The van der Waals surface area contributed by atoms with Crippen molar-refractivity contribution in [3.05, 3.63) is 64.7 Å². The largest absolute Gasteiger partial charge is 0.416 e.